The van der Waals surface area contributed by atoms with Crippen molar-refractivity contribution in [2.75, 3.05) is 5.73 Å². The molecule has 0 unspecified atom stereocenters. The molecule has 1 aromatic carbocycles. The van der Waals surface area contributed by atoms with Gasteiger partial charge in [0.25, 0.3) is 9.05 Å². The van der Waals surface area contributed by atoms with Crippen LogP contribution in [0.3, 0.4) is 0 Å². The van der Waals surface area contributed by atoms with Gasteiger partial charge in [0.15, 0.2) is 5.78 Å². The Labute approximate surface area is 86.1 Å². The summed E-state index contributed by atoms with van der Waals surface area (Å²) in [5, 5.41) is 0. The van der Waals surface area contributed by atoms with Gasteiger partial charge in [0.2, 0.25) is 0 Å². The Morgan fingerprint density at radius 2 is 2.00 bits per heavy atom. The number of Topliss-reactive ketones (excluding diaryl/α,β-unsaturated/α-hetero) is 1. The predicted octanol–water partition coefficient (Wildman–Crippen LogP) is 1.40. The number of hydrogen-bond donors (Lipinski definition) is 1. The fraction of sp³-hybridized carbons (Fsp3) is 0.125. The van der Waals surface area contributed by atoms with Crippen LogP contribution in [0.15, 0.2) is 23.1 Å². The van der Waals surface area contributed by atoms with Crippen molar-refractivity contribution in [3.05, 3.63) is 23.8 Å². The Morgan fingerprint density at radius 3 is 2.43 bits per heavy atom. The maximum absolute atomic E-state index is 11.1. The zero-order valence-corrected chi connectivity index (χ0v) is 8.89. The second-order valence-corrected chi connectivity index (χ2v) is 5.28. The van der Waals surface area contributed by atoms with Crippen LogP contribution in [0.5, 0.6) is 0 Å². The van der Waals surface area contributed by atoms with E-state index >= 15 is 0 Å². The minimum Gasteiger partial charge on any atom is -0.399 e. The average molecular weight is 234 g/mol. The van der Waals surface area contributed by atoms with Crippen LogP contribution in [0.1, 0.15) is 17.3 Å². The van der Waals surface area contributed by atoms with Gasteiger partial charge in [0.1, 0.15) is 0 Å². The Balaban J connectivity index is 3.53. The van der Waals surface area contributed by atoms with E-state index in [4.69, 9.17) is 16.4 Å². The molecule has 0 radical (unpaired) electrons. The highest BCUT2D eigenvalue weighted by Gasteiger charge is 2.18. The van der Waals surface area contributed by atoms with Crippen LogP contribution in [-0.4, -0.2) is 14.2 Å². The molecule has 0 bridgehead atoms. The molecule has 14 heavy (non-hydrogen) atoms. The van der Waals surface area contributed by atoms with E-state index in [1.54, 1.807) is 0 Å². The van der Waals surface area contributed by atoms with Crippen LogP contribution in [0.2, 0.25) is 0 Å². The van der Waals surface area contributed by atoms with E-state index in [-0.39, 0.29) is 10.5 Å². The lowest BCUT2D eigenvalue weighted by Gasteiger charge is -2.03. The molecule has 0 aliphatic carbocycles. The van der Waals surface area contributed by atoms with Crippen molar-refractivity contribution in [1.29, 1.82) is 0 Å². The lowest BCUT2D eigenvalue weighted by atomic mass is 10.1. The van der Waals surface area contributed by atoms with Crippen molar-refractivity contribution in [3.8, 4) is 0 Å². The van der Waals surface area contributed by atoms with Crippen molar-refractivity contribution in [2.24, 2.45) is 0 Å². The summed E-state index contributed by atoms with van der Waals surface area (Å²) in [6, 6.07) is 3.88. The smallest absolute Gasteiger partial charge is 0.262 e. The number of anilines is 1. The summed E-state index contributed by atoms with van der Waals surface area (Å²) >= 11 is 0. The number of benzene rings is 1. The molecule has 6 heteroatoms. The molecule has 0 saturated heterocycles. The average Bonchev–Trinajstić information content (AvgIpc) is 2.01. The normalized spacial score (nSPS) is 11.3. The van der Waals surface area contributed by atoms with Gasteiger partial charge in [-0.05, 0) is 25.1 Å². The summed E-state index contributed by atoms with van der Waals surface area (Å²) in [6.45, 7) is 1.25. The van der Waals surface area contributed by atoms with Gasteiger partial charge in [-0.25, -0.2) is 8.42 Å². The number of hydrogen-bond acceptors (Lipinski definition) is 4. The van der Waals surface area contributed by atoms with E-state index in [0.717, 1.165) is 0 Å². The second-order valence-electron chi connectivity index (χ2n) is 2.75. The SMILES string of the molecule is CC(=O)c1cc(N)ccc1S(=O)(=O)Cl. The third kappa shape index (κ3) is 2.24. The maximum Gasteiger partial charge on any atom is 0.262 e. The van der Waals surface area contributed by atoms with Crippen molar-refractivity contribution >= 4 is 31.2 Å². The highest BCUT2D eigenvalue weighted by molar-refractivity contribution is 8.13. The number of nitrogens with two attached hydrogens (primary N) is 1. The number of rotatable bonds is 2. The minimum atomic E-state index is -3.90. The Bertz CT molecular complexity index is 481. The molecule has 0 atom stereocenters. The third-order valence-electron chi connectivity index (χ3n) is 1.65. The van der Waals surface area contributed by atoms with E-state index in [1.165, 1.54) is 25.1 Å². The second kappa shape index (κ2) is 3.59. The van der Waals surface area contributed by atoms with Gasteiger partial charge in [0.05, 0.1) is 4.90 Å². The number of ketones is 1. The van der Waals surface area contributed by atoms with Crippen molar-refractivity contribution in [1.82, 2.24) is 0 Å². The summed E-state index contributed by atoms with van der Waals surface area (Å²) in [7, 11) is 1.24. The molecule has 1 aromatic rings. The molecule has 4 nitrogen and oxygen atoms in total. The van der Waals surface area contributed by atoms with Gasteiger partial charge in [0, 0.05) is 21.9 Å². The van der Waals surface area contributed by atoms with Crippen LogP contribution in [0.25, 0.3) is 0 Å². The minimum absolute atomic E-state index is 0.0139. The van der Waals surface area contributed by atoms with E-state index in [9.17, 15) is 13.2 Å². The van der Waals surface area contributed by atoms with E-state index < -0.39 is 14.8 Å². The number of carbonyl (C=O) groups excluding carboxylic acids is 1. The molecule has 0 heterocycles. The number of carbonyl (C=O) groups is 1. The zero-order chi connectivity index (χ0) is 10.9. The van der Waals surface area contributed by atoms with Crippen molar-refractivity contribution in [3.63, 3.8) is 0 Å². The molecule has 0 aliphatic heterocycles. The molecule has 0 amide bonds. The largest absolute Gasteiger partial charge is 0.399 e. The van der Waals surface area contributed by atoms with Crippen LogP contribution in [0, 0.1) is 0 Å². The van der Waals surface area contributed by atoms with Gasteiger partial charge in [-0.1, -0.05) is 0 Å². The summed E-state index contributed by atoms with van der Waals surface area (Å²) in [5.41, 5.74) is 5.75. The Morgan fingerprint density at radius 1 is 1.43 bits per heavy atom. The van der Waals surface area contributed by atoms with E-state index in [2.05, 4.69) is 0 Å². The van der Waals surface area contributed by atoms with Crippen molar-refractivity contribution < 1.29 is 13.2 Å². The van der Waals surface area contributed by atoms with E-state index in [0.29, 0.717) is 5.69 Å². The third-order valence-corrected chi connectivity index (χ3v) is 3.03. The zero-order valence-electron chi connectivity index (χ0n) is 7.32. The molecular formula is C8H8ClNO3S. The first kappa shape index (κ1) is 11.0. The molecule has 0 aliphatic rings. The van der Waals surface area contributed by atoms with Gasteiger partial charge < -0.3 is 5.73 Å². The van der Waals surface area contributed by atoms with Gasteiger partial charge in [-0.2, -0.15) is 0 Å². The molecule has 0 saturated carbocycles. The summed E-state index contributed by atoms with van der Waals surface area (Å²) in [4.78, 5) is 10.9. The molecule has 0 spiro atoms. The Kier molecular flexibility index (Phi) is 2.82. The van der Waals surface area contributed by atoms with E-state index in [1.807, 2.05) is 0 Å². The van der Waals surface area contributed by atoms with Crippen LogP contribution in [0.4, 0.5) is 5.69 Å². The van der Waals surface area contributed by atoms with Crippen LogP contribution in [-0.2, 0) is 9.05 Å². The fourth-order valence-electron chi connectivity index (χ4n) is 1.04. The number of halogens is 1. The van der Waals surface area contributed by atoms with Crippen molar-refractivity contribution in [2.45, 2.75) is 11.8 Å². The summed E-state index contributed by atoms with van der Waals surface area (Å²) < 4.78 is 22.1. The van der Waals surface area contributed by atoms with Gasteiger partial charge in [-0.3, -0.25) is 4.79 Å². The maximum atomic E-state index is 11.1. The summed E-state index contributed by atoms with van der Waals surface area (Å²) in [5.74, 6) is -0.392. The molecule has 0 fully saturated rings. The highest BCUT2D eigenvalue weighted by atomic mass is 35.7. The van der Waals surface area contributed by atoms with Crippen LogP contribution < -0.4 is 5.73 Å². The standard InChI is InChI=1S/C8H8ClNO3S/c1-5(11)7-4-6(10)2-3-8(7)14(9,12)13/h2-4H,10H2,1H3. The summed E-state index contributed by atoms with van der Waals surface area (Å²) in [6.07, 6.45) is 0. The monoisotopic (exact) mass is 233 g/mol. The molecule has 0 aromatic heterocycles. The first-order valence-electron chi connectivity index (χ1n) is 3.67. The Hall–Kier alpha value is -1.07. The molecular weight excluding hydrogens is 226 g/mol. The lowest BCUT2D eigenvalue weighted by molar-refractivity contribution is 0.101. The highest BCUT2D eigenvalue weighted by Crippen LogP contribution is 2.22. The predicted molar refractivity (Wildman–Crippen MR) is 53.9 cm³/mol. The van der Waals surface area contributed by atoms with Crippen LogP contribution >= 0.6 is 10.7 Å². The van der Waals surface area contributed by atoms with Gasteiger partial charge >= 0.3 is 0 Å². The first-order valence-corrected chi connectivity index (χ1v) is 5.98. The number of nitrogen functional groups attached to an aromatic ring is 1. The molecule has 76 valence electrons. The van der Waals surface area contributed by atoms with Gasteiger partial charge in [-0.15, -0.1) is 0 Å². The fourth-order valence-corrected chi connectivity index (χ4v) is 2.13. The quantitative estimate of drug-likeness (QED) is 0.476. The lowest BCUT2D eigenvalue weighted by Crippen LogP contribution is -2.03. The topological polar surface area (TPSA) is 77.2 Å². The molecule has 1 rings (SSSR count). The molecule has 2 N–H and O–H groups in total. The first-order chi connectivity index (χ1) is 6.32.